The molecule has 5 nitrogen and oxygen atoms in total. The molecule has 0 heterocycles. The van der Waals surface area contributed by atoms with E-state index in [-0.39, 0.29) is 18.7 Å². The second kappa shape index (κ2) is 8.57. The Bertz CT molecular complexity index is 732. The van der Waals surface area contributed by atoms with Gasteiger partial charge in [0.25, 0.3) is 5.91 Å². The molecule has 1 amide bonds. The van der Waals surface area contributed by atoms with Crippen molar-refractivity contribution in [3.63, 3.8) is 0 Å². The van der Waals surface area contributed by atoms with Crippen LogP contribution in [0.15, 0.2) is 48.5 Å². The van der Waals surface area contributed by atoms with Gasteiger partial charge in [0.2, 0.25) is 0 Å². The topological polar surface area (TPSA) is 67.8 Å². The molecular formula is C18H18F3NO4. The second-order valence-electron chi connectivity index (χ2n) is 5.41. The molecule has 140 valence electrons. The summed E-state index contributed by atoms with van der Waals surface area (Å²) in [6.07, 6.45) is -5.56. The lowest BCUT2D eigenvalue weighted by Gasteiger charge is -2.14. The van der Waals surface area contributed by atoms with E-state index in [2.05, 4.69) is 5.32 Å². The number of benzene rings is 2. The van der Waals surface area contributed by atoms with E-state index in [9.17, 15) is 23.1 Å². The number of alkyl halides is 3. The summed E-state index contributed by atoms with van der Waals surface area (Å²) in [5.74, 6) is 0.558. The van der Waals surface area contributed by atoms with Crippen LogP contribution in [0.2, 0.25) is 0 Å². The van der Waals surface area contributed by atoms with Gasteiger partial charge in [-0.1, -0.05) is 18.2 Å². The molecule has 0 fully saturated rings. The van der Waals surface area contributed by atoms with E-state index >= 15 is 0 Å². The highest BCUT2D eigenvalue weighted by molar-refractivity contribution is 5.77. The van der Waals surface area contributed by atoms with Gasteiger partial charge < -0.3 is 19.9 Å². The Labute approximate surface area is 148 Å². The van der Waals surface area contributed by atoms with Gasteiger partial charge in [-0.25, -0.2) is 0 Å². The summed E-state index contributed by atoms with van der Waals surface area (Å²) < 4.78 is 47.9. The van der Waals surface area contributed by atoms with Crippen molar-refractivity contribution in [3.05, 3.63) is 59.7 Å². The fourth-order valence-corrected chi connectivity index (χ4v) is 2.11. The fraction of sp³-hybridized carbons (Fsp3) is 0.278. The zero-order valence-electron chi connectivity index (χ0n) is 13.9. The number of amides is 1. The van der Waals surface area contributed by atoms with Gasteiger partial charge in [-0.05, 0) is 29.8 Å². The molecule has 0 aliphatic rings. The highest BCUT2D eigenvalue weighted by atomic mass is 19.4. The molecule has 8 heteroatoms. The molecule has 1 unspecified atom stereocenters. The molecule has 0 saturated heterocycles. The van der Waals surface area contributed by atoms with E-state index in [1.54, 1.807) is 24.3 Å². The summed E-state index contributed by atoms with van der Waals surface area (Å²) in [5.41, 5.74) is -0.531. The van der Waals surface area contributed by atoms with Crippen LogP contribution in [0.1, 0.15) is 17.2 Å². The molecule has 0 aliphatic carbocycles. The maximum absolute atomic E-state index is 12.5. The van der Waals surface area contributed by atoms with E-state index < -0.39 is 23.8 Å². The third-order valence-electron chi connectivity index (χ3n) is 3.53. The minimum atomic E-state index is -4.44. The number of aliphatic hydroxyl groups excluding tert-OH is 1. The van der Waals surface area contributed by atoms with Gasteiger partial charge in [-0.2, -0.15) is 13.2 Å². The van der Waals surface area contributed by atoms with E-state index in [4.69, 9.17) is 9.47 Å². The molecule has 1 atom stereocenters. The summed E-state index contributed by atoms with van der Waals surface area (Å²) in [6, 6.07) is 10.8. The van der Waals surface area contributed by atoms with Gasteiger partial charge in [-0.3, -0.25) is 4.79 Å². The zero-order valence-corrected chi connectivity index (χ0v) is 13.9. The second-order valence-corrected chi connectivity index (χ2v) is 5.41. The van der Waals surface area contributed by atoms with Crippen molar-refractivity contribution < 1.29 is 32.5 Å². The van der Waals surface area contributed by atoms with Gasteiger partial charge in [0, 0.05) is 12.6 Å². The standard InChI is InChI=1S/C18H18F3NO4/c1-25-14-3-2-4-15(9-14)26-11-17(24)22-10-16(23)12-5-7-13(8-6-12)18(19,20)21/h2-9,16,23H,10-11H2,1H3,(H,22,24). The van der Waals surface area contributed by atoms with Gasteiger partial charge in [-0.15, -0.1) is 0 Å². The lowest BCUT2D eigenvalue weighted by atomic mass is 10.1. The molecule has 0 bridgehead atoms. The summed E-state index contributed by atoms with van der Waals surface area (Å²) >= 11 is 0. The minimum Gasteiger partial charge on any atom is -0.497 e. The van der Waals surface area contributed by atoms with Crippen molar-refractivity contribution >= 4 is 5.91 Å². The van der Waals surface area contributed by atoms with Crippen LogP contribution in [0.4, 0.5) is 13.2 Å². The number of rotatable bonds is 7. The SMILES string of the molecule is COc1cccc(OCC(=O)NCC(O)c2ccc(C(F)(F)F)cc2)c1. The first-order chi connectivity index (χ1) is 12.3. The van der Waals surface area contributed by atoms with Crippen molar-refractivity contribution in [1.82, 2.24) is 5.32 Å². The molecule has 2 rings (SSSR count). The summed E-state index contributed by atoms with van der Waals surface area (Å²) in [6.45, 7) is -0.418. The molecule has 0 radical (unpaired) electrons. The van der Waals surface area contributed by atoms with Crippen LogP contribution in [0.25, 0.3) is 0 Å². The highest BCUT2D eigenvalue weighted by Crippen LogP contribution is 2.29. The number of ether oxygens (including phenoxy) is 2. The molecule has 0 saturated carbocycles. The Balaban J connectivity index is 1.81. The number of methoxy groups -OCH3 is 1. The van der Waals surface area contributed by atoms with Gasteiger partial charge in [0.05, 0.1) is 18.8 Å². The van der Waals surface area contributed by atoms with E-state index in [1.807, 2.05) is 0 Å². The molecule has 2 aromatic rings. The van der Waals surface area contributed by atoms with Crippen molar-refractivity contribution in [2.45, 2.75) is 12.3 Å². The van der Waals surface area contributed by atoms with Crippen LogP contribution >= 0.6 is 0 Å². The van der Waals surface area contributed by atoms with E-state index in [0.29, 0.717) is 11.5 Å². The molecule has 0 aliphatic heterocycles. The molecular weight excluding hydrogens is 351 g/mol. The van der Waals surface area contributed by atoms with Crippen molar-refractivity contribution in [1.29, 1.82) is 0 Å². The van der Waals surface area contributed by atoms with Gasteiger partial charge in [0.15, 0.2) is 6.61 Å². The Hall–Kier alpha value is -2.74. The molecule has 0 spiro atoms. The predicted molar refractivity (Wildman–Crippen MR) is 87.9 cm³/mol. The van der Waals surface area contributed by atoms with Crippen LogP contribution in [-0.2, 0) is 11.0 Å². The normalized spacial score (nSPS) is 12.3. The van der Waals surface area contributed by atoms with Crippen LogP contribution in [0.3, 0.4) is 0 Å². The Morgan fingerprint density at radius 1 is 1.15 bits per heavy atom. The lowest BCUT2D eigenvalue weighted by Crippen LogP contribution is -2.32. The highest BCUT2D eigenvalue weighted by Gasteiger charge is 2.30. The number of hydrogen-bond donors (Lipinski definition) is 2. The first-order valence-corrected chi connectivity index (χ1v) is 7.68. The number of hydrogen-bond acceptors (Lipinski definition) is 4. The Kier molecular flexibility index (Phi) is 6.46. The molecule has 2 N–H and O–H groups in total. The first kappa shape index (κ1) is 19.6. The van der Waals surface area contributed by atoms with Crippen molar-refractivity contribution in [2.75, 3.05) is 20.3 Å². The quantitative estimate of drug-likeness (QED) is 0.788. The average Bonchev–Trinajstić information content (AvgIpc) is 2.64. The van der Waals surface area contributed by atoms with E-state index in [0.717, 1.165) is 12.1 Å². The van der Waals surface area contributed by atoms with Gasteiger partial charge >= 0.3 is 6.18 Å². The average molecular weight is 369 g/mol. The third-order valence-corrected chi connectivity index (χ3v) is 3.53. The van der Waals surface area contributed by atoms with Gasteiger partial charge in [0.1, 0.15) is 11.5 Å². The van der Waals surface area contributed by atoms with Crippen LogP contribution in [0.5, 0.6) is 11.5 Å². The zero-order chi connectivity index (χ0) is 19.2. The molecule has 0 aromatic heterocycles. The largest absolute Gasteiger partial charge is 0.497 e. The number of carbonyl (C=O) groups excluding carboxylic acids is 1. The fourth-order valence-electron chi connectivity index (χ4n) is 2.11. The third kappa shape index (κ3) is 5.66. The Morgan fingerprint density at radius 2 is 1.81 bits per heavy atom. The van der Waals surface area contributed by atoms with Crippen LogP contribution in [0, 0.1) is 0 Å². The number of halogens is 3. The van der Waals surface area contributed by atoms with Crippen LogP contribution in [-0.4, -0.2) is 31.3 Å². The minimum absolute atomic E-state index is 0.147. The van der Waals surface area contributed by atoms with Crippen molar-refractivity contribution in [3.8, 4) is 11.5 Å². The molecule has 2 aromatic carbocycles. The lowest BCUT2D eigenvalue weighted by molar-refractivity contribution is -0.137. The summed E-state index contributed by atoms with van der Waals surface area (Å²) in [5, 5.41) is 12.4. The maximum Gasteiger partial charge on any atom is 0.416 e. The Morgan fingerprint density at radius 3 is 2.42 bits per heavy atom. The summed E-state index contributed by atoms with van der Waals surface area (Å²) in [4.78, 5) is 11.8. The maximum atomic E-state index is 12.5. The smallest absolute Gasteiger partial charge is 0.416 e. The first-order valence-electron chi connectivity index (χ1n) is 7.68. The van der Waals surface area contributed by atoms with Crippen molar-refractivity contribution in [2.24, 2.45) is 0 Å². The summed E-state index contributed by atoms with van der Waals surface area (Å²) in [7, 11) is 1.51. The van der Waals surface area contributed by atoms with E-state index in [1.165, 1.54) is 19.2 Å². The number of aliphatic hydroxyl groups is 1. The predicted octanol–water partition coefficient (Wildman–Crippen LogP) is 2.94. The number of carbonyl (C=O) groups is 1. The van der Waals surface area contributed by atoms with Crippen LogP contribution < -0.4 is 14.8 Å². The number of nitrogens with one attached hydrogen (secondary N) is 1. The monoisotopic (exact) mass is 369 g/mol. The molecule has 26 heavy (non-hydrogen) atoms.